The Balaban J connectivity index is 1.93. The van der Waals surface area contributed by atoms with E-state index in [4.69, 9.17) is 9.47 Å². The first-order chi connectivity index (χ1) is 12.5. The van der Waals surface area contributed by atoms with Crippen LogP contribution in [0.1, 0.15) is 57.1 Å². The van der Waals surface area contributed by atoms with Crippen LogP contribution in [0.15, 0.2) is 48.5 Å². The third-order valence-electron chi connectivity index (χ3n) is 5.04. The van der Waals surface area contributed by atoms with Gasteiger partial charge in [-0.3, -0.25) is 9.59 Å². The molecule has 0 atom stereocenters. The normalized spacial score (nSPS) is 15.9. The van der Waals surface area contributed by atoms with Crippen LogP contribution in [0, 0.1) is 0 Å². The molecular formula is C22H24O4. The lowest BCUT2D eigenvalue weighted by atomic mass is 9.65. The first-order valence-corrected chi connectivity index (χ1v) is 9.07. The van der Waals surface area contributed by atoms with E-state index in [9.17, 15) is 9.59 Å². The number of carbonyl (C=O) groups is 2. The molecule has 0 aromatic heterocycles. The standard InChI is InChI=1S/C22H24O4/c1-16(23)25-20-10-6-18(7-11-20)22(14-4-3-5-15-22)19-8-12-21(13-9-19)26-17(2)24/h6-13H,3-5,14-15H2,1-2H3. The van der Waals surface area contributed by atoms with Crippen molar-refractivity contribution < 1.29 is 19.1 Å². The average molecular weight is 352 g/mol. The molecule has 1 saturated carbocycles. The lowest BCUT2D eigenvalue weighted by Gasteiger charge is -2.38. The molecule has 1 aliphatic carbocycles. The van der Waals surface area contributed by atoms with Crippen LogP contribution in [0.4, 0.5) is 0 Å². The molecule has 0 radical (unpaired) electrons. The van der Waals surface area contributed by atoms with Crippen molar-refractivity contribution in [3.8, 4) is 11.5 Å². The van der Waals surface area contributed by atoms with Crippen molar-refractivity contribution >= 4 is 11.9 Å². The molecule has 3 rings (SSSR count). The summed E-state index contributed by atoms with van der Waals surface area (Å²) in [6.07, 6.45) is 5.76. The molecule has 1 aliphatic rings. The maximum atomic E-state index is 11.1. The fraction of sp³-hybridized carbons (Fsp3) is 0.364. The SMILES string of the molecule is CC(=O)Oc1ccc(C2(c3ccc(OC(C)=O)cc3)CCCCC2)cc1. The molecule has 2 aromatic carbocycles. The van der Waals surface area contributed by atoms with Gasteiger partial charge >= 0.3 is 11.9 Å². The summed E-state index contributed by atoms with van der Waals surface area (Å²) in [6.45, 7) is 2.81. The second kappa shape index (κ2) is 7.73. The Bertz CT molecular complexity index is 707. The highest BCUT2D eigenvalue weighted by molar-refractivity contribution is 5.69. The van der Waals surface area contributed by atoms with Gasteiger partial charge in [0.25, 0.3) is 0 Å². The van der Waals surface area contributed by atoms with E-state index in [1.165, 1.54) is 44.2 Å². The van der Waals surface area contributed by atoms with E-state index in [0.29, 0.717) is 11.5 Å². The van der Waals surface area contributed by atoms with Gasteiger partial charge in [0.2, 0.25) is 0 Å². The predicted molar refractivity (Wildman–Crippen MR) is 99.4 cm³/mol. The summed E-state index contributed by atoms with van der Waals surface area (Å²) in [7, 11) is 0. The topological polar surface area (TPSA) is 52.6 Å². The van der Waals surface area contributed by atoms with Gasteiger partial charge in [0, 0.05) is 19.3 Å². The largest absolute Gasteiger partial charge is 0.427 e. The predicted octanol–water partition coefficient (Wildman–Crippen LogP) is 4.79. The van der Waals surface area contributed by atoms with Crippen LogP contribution in [0.5, 0.6) is 11.5 Å². The number of hydrogen-bond donors (Lipinski definition) is 0. The Hall–Kier alpha value is -2.62. The molecule has 0 aliphatic heterocycles. The van der Waals surface area contributed by atoms with Crippen molar-refractivity contribution in [2.45, 2.75) is 51.4 Å². The smallest absolute Gasteiger partial charge is 0.308 e. The van der Waals surface area contributed by atoms with E-state index in [2.05, 4.69) is 24.3 Å². The Morgan fingerprint density at radius 1 is 0.692 bits per heavy atom. The van der Waals surface area contributed by atoms with Crippen molar-refractivity contribution in [2.24, 2.45) is 0 Å². The van der Waals surface area contributed by atoms with Crippen molar-refractivity contribution in [2.75, 3.05) is 0 Å². The van der Waals surface area contributed by atoms with E-state index in [0.717, 1.165) is 12.8 Å². The second-order valence-electron chi connectivity index (χ2n) is 6.88. The fourth-order valence-electron chi connectivity index (χ4n) is 3.92. The molecule has 0 amide bonds. The highest BCUT2D eigenvalue weighted by atomic mass is 16.5. The van der Waals surface area contributed by atoms with Gasteiger partial charge < -0.3 is 9.47 Å². The lowest BCUT2D eigenvalue weighted by molar-refractivity contribution is -0.132. The van der Waals surface area contributed by atoms with Gasteiger partial charge in [0.15, 0.2) is 0 Å². The molecule has 0 saturated heterocycles. The lowest BCUT2D eigenvalue weighted by Crippen LogP contribution is -2.30. The first-order valence-electron chi connectivity index (χ1n) is 9.07. The zero-order valence-electron chi connectivity index (χ0n) is 15.3. The van der Waals surface area contributed by atoms with Crippen molar-refractivity contribution in [1.82, 2.24) is 0 Å². The minimum Gasteiger partial charge on any atom is -0.427 e. The Morgan fingerprint density at radius 3 is 1.42 bits per heavy atom. The number of hydrogen-bond acceptors (Lipinski definition) is 4. The molecule has 2 aromatic rings. The highest BCUT2D eigenvalue weighted by Crippen LogP contribution is 2.45. The molecular weight excluding hydrogens is 328 g/mol. The van der Waals surface area contributed by atoms with Crippen LogP contribution in [0.25, 0.3) is 0 Å². The van der Waals surface area contributed by atoms with E-state index < -0.39 is 0 Å². The maximum absolute atomic E-state index is 11.1. The van der Waals surface area contributed by atoms with Crippen LogP contribution < -0.4 is 9.47 Å². The third kappa shape index (κ3) is 3.96. The van der Waals surface area contributed by atoms with Gasteiger partial charge in [-0.15, -0.1) is 0 Å². The van der Waals surface area contributed by atoms with Gasteiger partial charge in [0.1, 0.15) is 11.5 Å². The minimum atomic E-state index is -0.314. The molecule has 0 unspecified atom stereocenters. The summed E-state index contributed by atoms with van der Waals surface area (Å²) in [5.41, 5.74) is 2.41. The van der Waals surface area contributed by atoms with Gasteiger partial charge in [-0.1, -0.05) is 43.5 Å². The maximum Gasteiger partial charge on any atom is 0.308 e. The Kier molecular flexibility index (Phi) is 5.40. The van der Waals surface area contributed by atoms with Crippen LogP contribution >= 0.6 is 0 Å². The monoisotopic (exact) mass is 352 g/mol. The molecule has 0 bridgehead atoms. The Labute approximate surface area is 154 Å². The molecule has 136 valence electrons. The van der Waals surface area contributed by atoms with Gasteiger partial charge in [-0.05, 0) is 48.2 Å². The highest BCUT2D eigenvalue weighted by Gasteiger charge is 2.35. The molecule has 26 heavy (non-hydrogen) atoms. The van der Waals surface area contributed by atoms with Crippen molar-refractivity contribution in [3.05, 3.63) is 59.7 Å². The molecule has 1 fully saturated rings. The molecule has 0 heterocycles. The van der Waals surface area contributed by atoms with E-state index >= 15 is 0 Å². The number of rotatable bonds is 4. The third-order valence-corrected chi connectivity index (χ3v) is 5.04. The Morgan fingerprint density at radius 2 is 1.08 bits per heavy atom. The van der Waals surface area contributed by atoms with Crippen LogP contribution in [0.3, 0.4) is 0 Å². The number of carbonyl (C=O) groups excluding carboxylic acids is 2. The van der Waals surface area contributed by atoms with E-state index in [1.54, 1.807) is 0 Å². The number of esters is 2. The van der Waals surface area contributed by atoms with E-state index in [-0.39, 0.29) is 17.4 Å². The van der Waals surface area contributed by atoms with Crippen molar-refractivity contribution in [1.29, 1.82) is 0 Å². The number of ether oxygens (including phenoxy) is 2. The van der Waals surface area contributed by atoms with Gasteiger partial charge in [-0.25, -0.2) is 0 Å². The summed E-state index contributed by atoms with van der Waals surface area (Å²) >= 11 is 0. The summed E-state index contributed by atoms with van der Waals surface area (Å²) in [4.78, 5) is 22.3. The molecule has 0 spiro atoms. The van der Waals surface area contributed by atoms with Crippen molar-refractivity contribution in [3.63, 3.8) is 0 Å². The quantitative estimate of drug-likeness (QED) is 0.586. The zero-order chi connectivity index (χ0) is 18.6. The first kappa shape index (κ1) is 18.2. The summed E-state index contributed by atoms with van der Waals surface area (Å²) in [5.74, 6) is 0.507. The van der Waals surface area contributed by atoms with Gasteiger partial charge in [-0.2, -0.15) is 0 Å². The zero-order valence-corrected chi connectivity index (χ0v) is 15.3. The average Bonchev–Trinajstić information content (AvgIpc) is 2.62. The van der Waals surface area contributed by atoms with E-state index in [1.807, 2.05) is 24.3 Å². The molecule has 0 N–H and O–H groups in total. The van der Waals surface area contributed by atoms with Crippen LogP contribution in [0.2, 0.25) is 0 Å². The summed E-state index contributed by atoms with van der Waals surface area (Å²) in [6, 6.07) is 15.7. The van der Waals surface area contributed by atoms with Gasteiger partial charge in [0.05, 0.1) is 0 Å². The summed E-state index contributed by atoms with van der Waals surface area (Å²) < 4.78 is 10.3. The minimum absolute atomic E-state index is 0.0538. The second-order valence-corrected chi connectivity index (χ2v) is 6.88. The fourth-order valence-corrected chi connectivity index (χ4v) is 3.92. The van der Waals surface area contributed by atoms with Crippen LogP contribution in [-0.4, -0.2) is 11.9 Å². The molecule has 4 heteroatoms. The van der Waals surface area contributed by atoms with Crippen LogP contribution in [-0.2, 0) is 15.0 Å². The number of benzene rings is 2. The summed E-state index contributed by atoms with van der Waals surface area (Å²) in [5, 5.41) is 0. The molecule has 4 nitrogen and oxygen atoms in total.